The van der Waals surface area contributed by atoms with E-state index >= 15 is 0 Å². The zero-order valence-electron chi connectivity index (χ0n) is 15.3. The Labute approximate surface area is 148 Å². The van der Waals surface area contributed by atoms with Gasteiger partial charge in [0.25, 0.3) is 5.91 Å². The van der Waals surface area contributed by atoms with Crippen molar-refractivity contribution in [1.29, 1.82) is 0 Å². The summed E-state index contributed by atoms with van der Waals surface area (Å²) in [7, 11) is 1.54. The molecule has 0 heterocycles. The first-order chi connectivity index (χ1) is 11.8. The van der Waals surface area contributed by atoms with Crippen molar-refractivity contribution in [1.82, 2.24) is 10.6 Å². The topological polar surface area (TPSA) is 87.3 Å². The summed E-state index contributed by atoms with van der Waals surface area (Å²) in [6.45, 7) is 6.10. The predicted octanol–water partition coefficient (Wildman–Crippen LogP) is 2.23. The third-order valence-corrected chi connectivity index (χ3v) is 5.20. The maximum Gasteiger partial charge on any atom is 0.313 e. The number of hydrogen-bond acceptors (Lipinski definition) is 3. The molecule has 6 heteroatoms. The number of anilines is 1. The summed E-state index contributed by atoms with van der Waals surface area (Å²) in [4.78, 5) is 36.2. The Hall–Kier alpha value is -2.37. The van der Waals surface area contributed by atoms with Gasteiger partial charge in [-0.25, -0.2) is 0 Å². The molecule has 0 aliphatic heterocycles. The lowest BCUT2D eigenvalue weighted by atomic mass is 9.78. The highest BCUT2D eigenvalue weighted by Gasteiger charge is 2.29. The second-order valence-electron chi connectivity index (χ2n) is 6.91. The highest BCUT2D eigenvalue weighted by molar-refractivity contribution is 6.39. The summed E-state index contributed by atoms with van der Waals surface area (Å²) in [6, 6.07) is 5.02. The molecule has 0 spiro atoms. The van der Waals surface area contributed by atoms with Crippen LogP contribution in [0.25, 0.3) is 0 Å². The molecule has 3 atom stereocenters. The van der Waals surface area contributed by atoms with Crippen LogP contribution in [0.2, 0.25) is 0 Å². The van der Waals surface area contributed by atoms with Crippen LogP contribution in [0.15, 0.2) is 18.2 Å². The number of benzene rings is 1. The zero-order chi connectivity index (χ0) is 18.6. The van der Waals surface area contributed by atoms with Gasteiger partial charge >= 0.3 is 11.8 Å². The number of nitrogens with one attached hydrogen (secondary N) is 3. The monoisotopic (exact) mass is 345 g/mol. The molecule has 1 aliphatic rings. The van der Waals surface area contributed by atoms with E-state index in [4.69, 9.17) is 0 Å². The van der Waals surface area contributed by atoms with E-state index in [1.807, 2.05) is 6.92 Å². The van der Waals surface area contributed by atoms with E-state index in [0.717, 1.165) is 24.8 Å². The van der Waals surface area contributed by atoms with E-state index in [1.54, 1.807) is 25.2 Å². The third-order valence-electron chi connectivity index (χ3n) is 5.20. The second kappa shape index (κ2) is 8.14. The van der Waals surface area contributed by atoms with Gasteiger partial charge in [0.05, 0.1) is 0 Å². The van der Waals surface area contributed by atoms with Crippen molar-refractivity contribution in [3.05, 3.63) is 29.3 Å². The molecule has 1 aliphatic carbocycles. The normalized spacial score (nSPS) is 22.8. The van der Waals surface area contributed by atoms with Gasteiger partial charge in [0, 0.05) is 24.3 Å². The summed E-state index contributed by atoms with van der Waals surface area (Å²) in [5.74, 6) is -0.694. The van der Waals surface area contributed by atoms with E-state index in [-0.39, 0.29) is 11.9 Å². The Balaban J connectivity index is 2.03. The van der Waals surface area contributed by atoms with Crippen LogP contribution < -0.4 is 16.0 Å². The maximum absolute atomic E-state index is 12.3. The fourth-order valence-corrected chi connectivity index (χ4v) is 3.24. The molecule has 3 unspecified atom stereocenters. The van der Waals surface area contributed by atoms with Crippen LogP contribution >= 0.6 is 0 Å². The van der Waals surface area contributed by atoms with E-state index in [9.17, 15) is 14.4 Å². The molecule has 0 saturated heterocycles. The standard InChI is InChI=1S/C19H27N3O3/c1-11-6-5-7-15(13(11)3)21-18(24)19(25)22-16-10-14(17(23)20-4)9-8-12(16)2/h8-11,13,15H,5-7H2,1-4H3,(H,20,23)(H,21,24)(H,22,25). The lowest BCUT2D eigenvalue weighted by Gasteiger charge is -2.34. The second-order valence-corrected chi connectivity index (χ2v) is 6.91. The lowest BCUT2D eigenvalue weighted by molar-refractivity contribution is -0.137. The van der Waals surface area contributed by atoms with Crippen molar-refractivity contribution in [3.8, 4) is 0 Å². The van der Waals surface area contributed by atoms with Crippen LogP contribution in [0.3, 0.4) is 0 Å². The van der Waals surface area contributed by atoms with Gasteiger partial charge in [-0.3, -0.25) is 14.4 Å². The smallest absolute Gasteiger partial charge is 0.313 e. The molecule has 3 N–H and O–H groups in total. The van der Waals surface area contributed by atoms with E-state index in [2.05, 4.69) is 29.8 Å². The highest BCUT2D eigenvalue weighted by Crippen LogP contribution is 2.29. The molecule has 1 aromatic rings. The molecule has 136 valence electrons. The summed E-state index contributed by atoms with van der Waals surface area (Å²) < 4.78 is 0. The maximum atomic E-state index is 12.3. The molecule has 0 aromatic heterocycles. The number of hydrogen-bond donors (Lipinski definition) is 3. The van der Waals surface area contributed by atoms with Crippen molar-refractivity contribution in [3.63, 3.8) is 0 Å². The average Bonchev–Trinajstić information content (AvgIpc) is 2.60. The Morgan fingerprint density at radius 1 is 1.08 bits per heavy atom. The van der Waals surface area contributed by atoms with Gasteiger partial charge in [0.2, 0.25) is 0 Å². The minimum Gasteiger partial charge on any atom is -0.355 e. The third kappa shape index (κ3) is 4.59. The van der Waals surface area contributed by atoms with Gasteiger partial charge in [-0.1, -0.05) is 32.8 Å². The van der Waals surface area contributed by atoms with Crippen molar-refractivity contribution < 1.29 is 14.4 Å². The molecule has 0 radical (unpaired) electrons. The van der Waals surface area contributed by atoms with Crippen LogP contribution in [0.1, 0.15) is 49.0 Å². The van der Waals surface area contributed by atoms with Crippen LogP contribution in [0, 0.1) is 18.8 Å². The van der Waals surface area contributed by atoms with Crippen molar-refractivity contribution in [2.24, 2.45) is 11.8 Å². The lowest BCUT2D eigenvalue weighted by Crippen LogP contribution is -2.47. The molecular formula is C19H27N3O3. The van der Waals surface area contributed by atoms with Crippen molar-refractivity contribution in [2.45, 2.75) is 46.1 Å². The number of amides is 3. The van der Waals surface area contributed by atoms with E-state index < -0.39 is 11.8 Å². The van der Waals surface area contributed by atoms with Crippen LogP contribution in [0.4, 0.5) is 5.69 Å². The fraction of sp³-hybridized carbons (Fsp3) is 0.526. The van der Waals surface area contributed by atoms with Crippen LogP contribution in [-0.4, -0.2) is 30.8 Å². The first-order valence-corrected chi connectivity index (χ1v) is 8.78. The SMILES string of the molecule is CNC(=O)c1ccc(C)c(NC(=O)C(=O)NC2CCCC(C)C2C)c1. The Bertz CT molecular complexity index is 672. The van der Waals surface area contributed by atoms with E-state index in [0.29, 0.717) is 23.1 Å². The highest BCUT2D eigenvalue weighted by atomic mass is 16.2. The predicted molar refractivity (Wildman–Crippen MR) is 97.3 cm³/mol. The van der Waals surface area contributed by atoms with Crippen LogP contribution in [-0.2, 0) is 9.59 Å². The Kier molecular flexibility index (Phi) is 6.17. The number of carbonyl (C=O) groups excluding carboxylic acids is 3. The minimum atomic E-state index is -0.706. The quantitative estimate of drug-likeness (QED) is 0.734. The number of rotatable bonds is 3. The van der Waals surface area contributed by atoms with Crippen molar-refractivity contribution in [2.75, 3.05) is 12.4 Å². The summed E-state index contributed by atoms with van der Waals surface area (Å²) >= 11 is 0. The van der Waals surface area contributed by atoms with Gasteiger partial charge in [-0.05, 0) is 42.9 Å². The largest absolute Gasteiger partial charge is 0.355 e. The molecular weight excluding hydrogens is 318 g/mol. The number of aryl methyl sites for hydroxylation is 1. The minimum absolute atomic E-state index is 0.0281. The summed E-state index contributed by atoms with van der Waals surface area (Å²) in [5.41, 5.74) is 1.68. The molecule has 1 saturated carbocycles. The zero-order valence-corrected chi connectivity index (χ0v) is 15.3. The van der Waals surface area contributed by atoms with Crippen LogP contribution in [0.5, 0.6) is 0 Å². The Morgan fingerprint density at radius 2 is 1.80 bits per heavy atom. The number of carbonyl (C=O) groups is 3. The van der Waals surface area contributed by atoms with Gasteiger partial charge < -0.3 is 16.0 Å². The molecule has 2 rings (SSSR count). The molecule has 1 fully saturated rings. The molecule has 6 nitrogen and oxygen atoms in total. The fourth-order valence-electron chi connectivity index (χ4n) is 3.24. The summed E-state index contributed by atoms with van der Waals surface area (Å²) in [5, 5.41) is 8.01. The molecule has 1 aromatic carbocycles. The van der Waals surface area contributed by atoms with Gasteiger partial charge in [-0.15, -0.1) is 0 Å². The van der Waals surface area contributed by atoms with Gasteiger partial charge in [-0.2, -0.15) is 0 Å². The molecule has 3 amide bonds. The van der Waals surface area contributed by atoms with Gasteiger partial charge in [0.15, 0.2) is 0 Å². The Morgan fingerprint density at radius 3 is 2.48 bits per heavy atom. The average molecular weight is 345 g/mol. The molecule has 0 bridgehead atoms. The first kappa shape index (κ1) is 19.0. The van der Waals surface area contributed by atoms with Crippen molar-refractivity contribution >= 4 is 23.4 Å². The summed E-state index contributed by atoms with van der Waals surface area (Å²) in [6.07, 6.45) is 3.12. The van der Waals surface area contributed by atoms with Gasteiger partial charge in [0.1, 0.15) is 0 Å². The molecule has 25 heavy (non-hydrogen) atoms. The van der Waals surface area contributed by atoms with E-state index in [1.165, 1.54) is 0 Å². The first-order valence-electron chi connectivity index (χ1n) is 8.78.